The van der Waals surface area contributed by atoms with Crippen LogP contribution < -0.4 is 29.6 Å². The minimum Gasteiger partial charge on any atom is -0.726 e. The molecule has 114 valence electrons. The smallest absolute Gasteiger partial charge is 0.726 e. The van der Waals surface area contributed by atoms with Crippen molar-refractivity contribution in [1.29, 1.82) is 0 Å². The van der Waals surface area contributed by atoms with Crippen molar-refractivity contribution in [1.82, 2.24) is 0 Å². The molecule has 0 aliphatic heterocycles. The number of hydrogen-bond acceptors (Lipinski definition) is 4. The molecular formula is C14H27NaO4S. The number of rotatable bonds is 13. The van der Waals surface area contributed by atoms with E-state index in [1.165, 1.54) is 32.1 Å². The van der Waals surface area contributed by atoms with E-state index >= 15 is 0 Å². The zero-order valence-corrected chi connectivity index (χ0v) is 15.8. The second-order valence-electron chi connectivity index (χ2n) is 4.75. The van der Waals surface area contributed by atoms with Gasteiger partial charge in [0.25, 0.3) is 0 Å². The van der Waals surface area contributed by atoms with Crippen molar-refractivity contribution in [2.45, 2.75) is 71.1 Å². The Kier molecular flexibility index (Phi) is 18.3. The SMILES string of the molecule is CCCC/C=C\CCCCCCCCOS(=O)(=O)[O-].[Na+]. The first-order chi connectivity index (χ1) is 9.06. The van der Waals surface area contributed by atoms with Crippen molar-refractivity contribution in [3.63, 3.8) is 0 Å². The first-order valence-electron chi connectivity index (χ1n) is 7.31. The van der Waals surface area contributed by atoms with Crippen molar-refractivity contribution < 1.29 is 46.7 Å². The molecule has 20 heavy (non-hydrogen) atoms. The van der Waals surface area contributed by atoms with E-state index in [9.17, 15) is 13.0 Å². The van der Waals surface area contributed by atoms with Crippen LogP contribution in [0.15, 0.2) is 12.2 Å². The van der Waals surface area contributed by atoms with E-state index in [1.54, 1.807) is 0 Å². The summed E-state index contributed by atoms with van der Waals surface area (Å²) in [4.78, 5) is 0. The molecule has 0 saturated carbocycles. The first kappa shape index (κ1) is 22.9. The topological polar surface area (TPSA) is 66.4 Å². The van der Waals surface area contributed by atoms with Crippen LogP contribution in [0.3, 0.4) is 0 Å². The van der Waals surface area contributed by atoms with E-state index in [-0.39, 0.29) is 36.2 Å². The summed E-state index contributed by atoms with van der Waals surface area (Å²) in [6.45, 7) is 2.22. The third kappa shape index (κ3) is 20.9. The molecular weight excluding hydrogens is 287 g/mol. The van der Waals surface area contributed by atoms with Gasteiger partial charge >= 0.3 is 29.6 Å². The molecule has 0 aliphatic rings. The van der Waals surface area contributed by atoms with E-state index < -0.39 is 10.4 Å². The summed E-state index contributed by atoms with van der Waals surface area (Å²) in [6.07, 6.45) is 15.6. The summed E-state index contributed by atoms with van der Waals surface area (Å²) < 4.78 is 34.6. The quantitative estimate of drug-likeness (QED) is 0.167. The third-order valence-electron chi connectivity index (χ3n) is 2.88. The molecule has 0 N–H and O–H groups in total. The molecule has 6 heteroatoms. The van der Waals surface area contributed by atoms with Crippen molar-refractivity contribution in [2.75, 3.05) is 6.61 Å². The molecule has 0 fully saturated rings. The van der Waals surface area contributed by atoms with Crippen LogP contribution in [0.4, 0.5) is 0 Å². The summed E-state index contributed by atoms with van der Waals surface area (Å²) in [6, 6.07) is 0. The summed E-state index contributed by atoms with van der Waals surface area (Å²) in [5, 5.41) is 0. The molecule has 0 saturated heterocycles. The molecule has 0 aromatic carbocycles. The second-order valence-corrected chi connectivity index (χ2v) is 5.81. The van der Waals surface area contributed by atoms with Crippen LogP contribution in [-0.2, 0) is 14.6 Å². The number of unbranched alkanes of at least 4 members (excludes halogenated alkanes) is 8. The number of hydrogen-bond donors (Lipinski definition) is 0. The van der Waals surface area contributed by atoms with E-state index in [2.05, 4.69) is 23.3 Å². The molecule has 4 nitrogen and oxygen atoms in total. The normalized spacial score (nSPS) is 11.7. The fraction of sp³-hybridized carbons (Fsp3) is 0.857. The predicted octanol–water partition coefficient (Wildman–Crippen LogP) is 0.944. The first-order valence-corrected chi connectivity index (χ1v) is 8.65. The van der Waals surface area contributed by atoms with Gasteiger partial charge in [-0.1, -0.05) is 57.6 Å². The predicted molar refractivity (Wildman–Crippen MR) is 76.6 cm³/mol. The van der Waals surface area contributed by atoms with E-state index in [0.29, 0.717) is 6.42 Å². The van der Waals surface area contributed by atoms with Crippen LogP contribution in [0, 0.1) is 0 Å². The molecule has 0 bridgehead atoms. The maximum absolute atomic E-state index is 10.1. The Hall–Kier alpha value is 0.610. The molecule has 0 aliphatic carbocycles. The molecule has 0 amide bonds. The van der Waals surface area contributed by atoms with Gasteiger partial charge in [0, 0.05) is 0 Å². The van der Waals surface area contributed by atoms with Gasteiger partial charge in [0.2, 0.25) is 10.4 Å². The standard InChI is InChI=1S/C14H28O4S.Na/c1-2-3-4-5-6-7-8-9-10-11-12-13-14-18-19(15,16)17;/h5-6H,2-4,7-14H2,1H3,(H,15,16,17);/q;+1/p-1/b6-5-;. The summed E-state index contributed by atoms with van der Waals surface area (Å²) in [5.74, 6) is 0. The maximum atomic E-state index is 10.1. The Labute approximate surface area is 146 Å². The van der Waals surface area contributed by atoms with Gasteiger partial charge in [-0.05, 0) is 25.7 Å². The van der Waals surface area contributed by atoms with Crippen LogP contribution in [0.5, 0.6) is 0 Å². The largest absolute Gasteiger partial charge is 1.00 e. The van der Waals surface area contributed by atoms with E-state index in [0.717, 1.165) is 25.7 Å². The summed E-state index contributed by atoms with van der Waals surface area (Å²) >= 11 is 0. The van der Waals surface area contributed by atoms with Crippen molar-refractivity contribution in [3.8, 4) is 0 Å². The molecule has 0 atom stereocenters. The fourth-order valence-corrected chi connectivity index (χ4v) is 2.11. The van der Waals surface area contributed by atoms with Crippen LogP contribution in [0.2, 0.25) is 0 Å². The molecule has 0 heterocycles. The van der Waals surface area contributed by atoms with Crippen LogP contribution in [-0.4, -0.2) is 19.6 Å². The molecule has 0 radical (unpaired) electrons. The Morgan fingerprint density at radius 1 is 0.900 bits per heavy atom. The molecule has 0 rings (SSSR count). The van der Waals surface area contributed by atoms with Gasteiger partial charge < -0.3 is 4.55 Å². The van der Waals surface area contributed by atoms with Crippen LogP contribution in [0.25, 0.3) is 0 Å². The van der Waals surface area contributed by atoms with Gasteiger partial charge in [-0.2, -0.15) is 0 Å². The zero-order valence-electron chi connectivity index (χ0n) is 13.0. The van der Waals surface area contributed by atoms with Gasteiger partial charge in [0.1, 0.15) is 0 Å². The van der Waals surface area contributed by atoms with Crippen molar-refractivity contribution >= 4 is 10.4 Å². The van der Waals surface area contributed by atoms with Crippen LogP contribution in [0.1, 0.15) is 71.1 Å². The fourth-order valence-electron chi connectivity index (χ4n) is 1.79. The van der Waals surface area contributed by atoms with Gasteiger partial charge in [0.05, 0.1) is 6.61 Å². The van der Waals surface area contributed by atoms with E-state index in [1.807, 2.05) is 0 Å². The average molecular weight is 314 g/mol. The average Bonchev–Trinajstić information content (AvgIpc) is 2.34. The van der Waals surface area contributed by atoms with E-state index in [4.69, 9.17) is 0 Å². The monoisotopic (exact) mass is 314 g/mol. The molecule has 0 aromatic rings. The Morgan fingerprint density at radius 2 is 1.40 bits per heavy atom. The number of allylic oxidation sites excluding steroid dienone is 2. The summed E-state index contributed by atoms with van der Waals surface area (Å²) in [7, 11) is -4.50. The zero-order chi connectivity index (χ0) is 14.4. The minimum atomic E-state index is -4.50. The van der Waals surface area contributed by atoms with Crippen molar-refractivity contribution in [2.24, 2.45) is 0 Å². The van der Waals surface area contributed by atoms with Gasteiger partial charge in [-0.15, -0.1) is 0 Å². The molecule has 0 aromatic heterocycles. The Bertz CT molecular complexity index is 315. The van der Waals surface area contributed by atoms with Crippen LogP contribution >= 0.6 is 0 Å². The second kappa shape index (κ2) is 16.0. The molecule has 0 spiro atoms. The Balaban J connectivity index is 0. The van der Waals surface area contributed by atoms with Gasteiger partial charge in [0.15, 0.2) is 0 Å². The third-order valence-corrected chi connectivity index (χ3v) is 3.34. The minimum absolute atomic E-state index is 0. The Morgan fingerprint density at radius 3 is 1.95 bits per heavy atom. The van der Waals surface area contributed by atoms with Gasteiger partial charge in [-0.25, -0.2) is 8.42 Å². The maximum Gasteiger partial charge on any atom is 1.00 e. The van der Waals surface area contributed by atoms with Gasteiger partial charge in [-0.3, -0.25) is 4.18 Å². The van der Waals surface area contributed by atoms with Crippen molar-refractivity contribution in [3.05, 3.63) is 12.2 Å². The summed E-state index contributed by atoms with van der Waals surface area (Å²) in [5.41, 5.74) is 0. The molecule has 0 unspecified atom stereocenters.